The predicted octanol–water partition coefficient (Wildman–Crippen LogP) is 3.39. The van der Waals surface area contributed by atoms with Crippen LogP contribution in [0.25, 0.3) is 11.1 Å². The lowest BCUT2D eigenvalue weighted by Crippen LogP contribution is -2.24. The van der Waals surface area contributed by atoms with Crippen molar-refractivity contribution in [2.75, 3.05) is 6.54 Å². The van der Waals surface area contributed by atoms with Gasteiger partial charge in [0, 0.05) is 24.5 Å². The van der Waals surface area contributed by atoms with Gasteiger partial charge in [-0.15, -0.1) is 12.4 Å². The third-order valence-corrected chi connectivity index (χ3v) is 3.22. The minimum atomic E-state index is -0.0237. The van der Waals surface area contributed by atoms with Gasteiger partial charge in [-0.05, 0) is 34.9 Å². The fraction of sp³-hybridized carbons (Fsp3) is 0.188. The maximum Gasteiger partial charge on any atom is 0.221 e. The summed E-state index contributed by atoms with van der Waals surface area (Å²) >= 11 is 5.89. The molecule has 0 saturated heterocycles. The number of amides is 1. The molecule has 0 aromatic heterocycles. The Labute approximate surface area is 135 Å². The van der Waals surface area contributed by atoms with E-state index in [1.54, 1.807) is 0 Å². The molecule has 2 aromatic carbocycles. The van der Waals surface area contributed by atoms with Gasteiger partial charge in [-0.2, -0.15) is 0 Å². The molecule has 0 heterocycles. The molecule has 0 unspecified atom stereocenters. The number of halogens is 2. The lowest BCUT2D eigenvalue weighted by Gasteiger charge is -2.07. The Balaban J connectivity index is 0.00000220. The molecule has 2 rings (SSSR count). The van der Waals surface area contributed by atoms with Gasteiger partial charge in [0.1, 0.15) is 0 Å². The van der Waals surface area contributed by atoms with Crippen molar-refractivity contribution >= 4 is 29.9 Å². The molecule has 3 N–H and O–H groups in total. The van der Waals surface area contributed by atoms with Gasteiger partial charge < -0.3 is 11.1 Å². The summed E-state index contributed by atoms with van der Waals surface area (Å²) in [6.45, 7) is 0.886. The van der Waals surface area contributed by atoms with Gasteiger partial charge in [-0.25, -0.2) is 0 Å². The molecule has 0 aliphatic carbocycles. The third-order valence-electron chi connectivity index (χ3n) is 2.97. The fourth-order valence-electron chi connectivity index (χ4n) is 1.92. The molecular formula is C16H18Cl2N2O. The average Bonchev–Trinajstić information content (AvgIpc) is 2.47. The largest absolute Gasteiger partial charge is 0.352 e. The molecule has 1 amide bonds. The first-order valence-electron chi connectivity index (χ1n) is 6.50. The maximum absolute atomic E-state index is 11.4. The van der Waals surface area contributed by atoms with Crippen molar-refractivity contribution in [3.05, 3.63) is 59.1 Å². The summed E-state index contributed by atoms with van der Waals surface area (Å²) in [6, 6.07) is 15.8. The number of carbonyl (C=O) groups is 1. The Bertz CT molecular complexity index is 585. The van der Waals surface area contributed by atoms with Gasteiger partial charge in [0.15, 0.2) is 0 Å². The summed E-state index contributed by atoms with van der Waals surface area (Å²) < 4.78 is 0. The van der Waals surface area contributed by atoms with Gasteiger partial charge in [0.25, 0.3) is 0 Å². The molecule has 0 bridgehead atoms. The van der Waals surface area contributed by atoms with Crippen molar-refractivity contribution in [2.45, 2.75) is 13.0 Å². The Morgan fingerprint density at radius 2 is 1.81 bits per heavy atom. The summed E-state index contributed by atoms with van der Waals surface area (Å²) in [5, 5.41) is 3.57. The molecule has 21 heavy (non-hydrogen) atoms. The van der Waals surface area contributed by atoms with Crippen LogP contribution in [-0.2, 0) is 11.3 Å². The number of hydrogen-bond donors (Lipinski definition) is 2. The van der Waals surface area contributed by atoms with Crippen LogP contribution in [0.1, 0.15) is 12.0 Å². The van der Waals surface area contributed by atoms with Gasteiger partial charge in [-0.1, -0.05) is 41.9 Å². The van der Waals surface area contributed by atoms with E-state index in [1.165, 1.54) is 0 Å². The van der Waals surface area contributed by atoms with E-state index in [0.29, 0.717) is 19.5 Å². The zero-order chi connectivity index (χ0) is 14.4. The lowest BCUT2D eigenvalue weighted by molar-refractivity contribution is -0.121. The highest BCUT2D eigenvalue weighted by molar-refractivity contribution is 6.30. The molecule has 0 radical (unpaired) electrons. The standard InChI is InChI=1S/C16H17ClN2O.ClH/c17-15-6-4-13(5-7-15)14-3-1-2-12(10-14)11-19-16(20)8-9-18;/h1-7,10H,8-9,11,18H2,(H,19,20);1H. The zero-order valence-electron chi connectivity index (χ0n) is 11.5. The normalized spacial score (nSPS) is 9.81. The van der Waals surface area contributed by atoms with Crippen LogP contribution < -0.4 is 11.1 Å². The van der Waals surface area contributed by atoms with Crippen molar-refractivity contribution in [1.82, 2.24) is 5.32 Å². The number of hydrogen-bond acceptors (Lipinski definition) is 2. The smallest absolute Gasteiger partial charge is 0.221 e. The molecule has 2 aromatic rings. The molecule has 0 aliphatic rings. The van der Waals surface area contributed by atoms with Crippen molar-refractivity contribution in [3.8, 4) is 11.1 Å². The number of nitrogens with two attached hydrogens (primary N) is 1. The first-order chi connectivity index (χ1) is 9.69. The molecule has 112 valence electrons. The van der Waals surface area contributed by atoms with E-state index in [-0.39, 0.29) is 18.3 Å². The van der Waals surface area contributed by atoms with Crippen LogP contribution >= 0.6 is 24.0 Å². The Kier molecular flexibility index (Phi) is 7.23. The van der Waals surface area contributed by atoms with E-state index < -0.39 is 0 Å². The van der Waals surface area contributed by atoms with E-state index in [4.69, 9.17) is 17.3 Å². The first-order valence-corrected chi connectivity index (χ1v) is 6.88. The van der Waals surface area contributed by atoms with Crippen molar-refractivity contribution in [2.24, 2.45) is 5.73 Å². The van der Waals surface area contributed by atoms with E-state index in [1.807, 2.05) is 42.5 Å². The average molecular weight is 325 g/mol. The van der Waals surface area contributed by atoms with E-state index in [0.717, 1.165) is 21.7 Å². The Morgan fingerprint density at radius 3 is 2.48 bits per heavy atom. The van der Waals surface area contributed by atoms with E-state index >= 15 is 0 Å². The molecular weight excluding hydrogens is 307 g/mol. The van der Waals surface area contributed by atoms with Crippen LogP contribution in [0, 0.1) is 0 Å². The van der Waals surface area contributed by atoms with Crippen molar-refractivity contribution in [3.63, 3.8) is 0 Å². The maximum atomic E-state index is 11.4. The van der Waals surface area contributed by atoms with Crippen molar-refractivity contribution in [1.29, 1.82) is 0 Å². The highest BCUT2D eigenvalue weighted by atomic mass is 35.5. The zero-order valence-corrected chi connectivity index (χ0v) is 13.1. The SMILES string of the molecule is Cl.NCCC(=O)NCc1cccc(-c2ccc(Cl)cc2)c1. The Hall–Kier alpha value is -1.55. The first kappa shape index (κ1) is 17.5. The molecule has 0 aliphatic heterocycles. The topological polar surface area (TPSA) is 55.1 Å². The van der Waals surface area contributed by atoms with Crippen LogP contribution in [0.2, 0.25) is 5.02 Å². The number of carbonyl (C=O) groups excluding carboxylic acids is 1. The second-order valence-corrected chi connectivity index (χ2v) is 4.96. The molecule has 0 saturated carbocycles. The van der Waals surface area contributed by atoms with Crippen LogP contribution in [0.5, 0.6) is 0 Å². The van der Waals surface area contributed by atoms with Gasteiger partial charge in [0.05, 0.1) is 0 Å². The third kappa shape index (κ3) is 5.38. The minimum Gasteiger partial charge on any atom is -0.352 e. The van der Waals surface area contributed by atoms with Gasteiger partial charge >= 0.3 is 0 Å². The number of nitrogens with one attached hydrogen (secondary N) is 1. The molecule has 3 nitrogen and oxygen atoms in total. The lowest BCUT2D eigenvalue weighted by atomic mass is 10.0. The summed E-state index contributed by atoms with van der Waals surface area (Å²) in [5.41, 5.74) is 8.60. The van der Waals surface area contributed by atoms with Gasteiger partial charge in [0.2, 0.25) is 5.91 Å². The van der Waals surface area contributed by atoms with Crippen LogP contribution in [0.4, 0.5) is 0 Å². The molecule has 0 atom stereocenters. The highest BCUT2D eigenvalue weighted by Crippen LogP contribution is 2.22. The second kappa shape index (κ2) is 8.67. The summed E-state index contributed by atoms with van der Waals surface area (Å²) in [5.74, 6) is -0.0237. The predicted molar refractivity (Wildman–Crippen MR) is 89.7 cm³/mol. The van der Waals surface area contributed by atoms with Gasteiger partial charge in [-0.3, -0.25) is 4.79 Å². The summed E-state index contributed by atoms with van der Waals surface area (Å²) in [4.78, 5) is 11.4. The minimum absolute atomic E-state index is 0. The molecule has 0 spiro atoms. The van der Waals surface area contributed by atoms with Crippen LogP contribution in [0.3, 0.4) is 0 Å². The van der Waals surface area contributed by atoms with Crippen molar-refractivity contribution < 1.29 is 4.79 Å². The summed E-state index contributed by atoms with van der Waals surface area (Å²) in [6.07, 6.45) is 0.358. The van der Waals surface area contributed by atoms with E-state index in [2.05, 4.69) is 11.4 Å². The van der Waals surface area contributed by atoms with E-state index in [9.17, 15) is 4.79 Å². The highest BCUT2D eigenvalue weighted by Gasteiger charge is 2.02. The summed E-state index contributed by atoms with van der Waals surface area (Å²) in [7, 11) is 0. The molecule has 5 heteroatoms. The molecule has 0 fully saturated rings. The second-order valence-electron chi connectivity index (χ2n) is 4.52. The monoisotopic (exact) mass is 324 g/mol. The Morgan fingerprint density at radius 1 is 1.10 bits per heavy atom. The quantitative estimate of drug-likeness (QED) is 0.885. The fourth-order valence-corrected chi connectivity index (χ4v) is 2.05. The number of rotatable bonds is 5. The van der Waals surface area contributed by atoms with Crippen LogP contribution in [-0.4, -0.2) is 12.5 Å². The van der Waals surface area contributed by atoms with Crippen LogP contribution in [0.15, 0.2) is 48.5 Å². The number of benzene rings is 2.